The summed E-state index contributed by atoms with van der Waals surface area (Å²) < 4.78 is 7.21. The summed E-state index contributed by atoms with van der Waals surface area (Å²) >= 11 is 1.54. The van der Waals surface area contributed by atoms with Crippen LogP contribution in [0, 0.1) is 11.8 Å². The third-order valence-electron chi connectivity index (χ3n) is 3.58. The fourth-order valence-electron chi connectivity index (χ4n) is 2.41. The minimum atomic E-state index is 0.398. The van der Waals surface area contributed by atoms with Crippen molar-refractivity contribution in [3.8, 4) is 28.4 Å². The van der Waals surface area contributed by atoms with Crippen molar-refractivity contribution in [1.82, 2.24) is 24.5 Å². The lowest BCUT2D eigenvalue weighted by molar-refractivity contribution is 0.402. The molecule has 3 heterocycles. The van der Waals surface area contributed by atoms with Crippen molar-refractivity contribution in [2.75, 3.05) is 7.11 Å². The number of aromatic nitrogens is 5. The molecule has 6 nitrogen and oxygen atoms in total. The summed E-state index contributed by atoms with van der Waals surface area (Å²) in [4.78, 5) is 17.6. The molecule has 4 rings (SSSR count). The molecule has 0 atom stereocenters. The van der Waals surface area contributed by atoms with Gasteiger partial charge in [-0.15, -0.1) is 11.3 Å². The minimum absolute atomic E-state index is 0.398. The molecule has 122 valence electrons. The van der Waals surface area contributed by atoms with Crippen LogP contribution in [-0.2, 0) is 7.05 Å². The first-order chi connectivity index (χ1) is 12.2. The number of hydrogen-bond donors (Lipinski definition) is 0. The van der Waals surface area contributed by atoms with Gasteiger partial charge in [-0.05, 0) is 24.0 Å². The molecule has 0 aliphatic carbocycles. The summed E-state index contributed by atoms with van der Waals surface area (Å²) in [6, 6.07) is 7.68. The van der Waals surface area contributed by atoms with Gasteiger partial charge in [0.25, 0.3) is 0 Å². The first-order valence-electron chi connectivity index (χ1n) is 7.50. The molecule has 1 aromatic carbocycles. The number of benzene rings is 1. The fourth-order valence-corrected chi connectivity index (χ4v) is 3.00. The lowest BCUT2D eigenvalue weighted by Crippen LogP contribution is -1.96. The molecular weight excluding hydrogens is 334 g/mol. The third-order valence-corrected chi connectivity index (χ3v) is 4.37. The monoisotopic (exact) mass is 347 g/mol. The molecule has 0 radical (unpaired) electrons. The number of thiazole rings is 1. The van der Waals surface area contributed by atoms with Gasteiger partial charge in [0, 0.05) is 24.8 Å². The molecule has 0 spiro atoms. The van der Waals surface area contributed by atoms with E-state index in [-0.39, 0.29) is 0 Å². The maximum Gasteiger partial charge on any atom is 0.225 e. The van der Waals surface area contributed by atoms with Crippen LogP contribution in [0.1, 0.15) is 11.6 Å². The standard InChI is InChI=1S/C18H13N5OS/c1-23-11-14(18-19-9-10-25-18)21-16(23)8-7-15-20-13-6-4-3-5-12(13)17(22-15)24-2/h3-6,9-11H,1-2H3. The Morgan fingerprint density at radius 1 is 1.12 bits per heavy atom. The number of methoxy groups -OCH3 is 1. The van der Waals surface area contributed by atoms with E-state index in [0.717, 1.165) is 21.6 Å². The molecule has 0 N–H and O–H groups in total. The van der Waals surface area contributed by atoms with E-state index in [1.807, 2.05) is 47.5 Å². The lowest BCUT2D eigenvalue weighted by Gasteiger charge is -2.03. The fraction of sp³-hybridized carbons (Fsp3) is 0.111. The number of aryl methyl sites for hydroxylation is 1. The molecule has 25 heavy (non-hydrogen) atoms. The number of rotatable bonds is 2. The molecule has 0 fully saturated rings. The normalized spacial score (nSPS) is 10.5. The second kappa shape index (κ2) is 6.34. The van der Waals surface area contributed by atoms with Crippen LogP contribution in [0.25, 0.3) is 21.6 Å². The maximum absolute atomic E-state index is 5.35. The third kappa shape index (κ3) is 2.95. The summed E-state index contributed by atoms with van der Waals surface area (Å²) in [7, 11) is 3.49. The van der Waals surface area contributed by atoms with Gasteiger partial charge in [0.2, 0.25) is 11.7 Å². The van der Waals surface area contributed by atoms with Gasteiger partial charge >= 0.3 is 0 Å². The maximum atomic E-state index is 5.35. The Balaban J connectivity index is 1.73. The minimum Gasteiger partial charge on any atom is -0.480 e. The highest BCUT2D eigenvalue weighted by molar-refractivity contribution is 7.13. The zero-order chi connectivity index (χ0) is 17.2. The predicted molar refractivity (Wildman–Crippen MR) is 96.4 cm³/mol. The largest absolute Gasteiger partial charge is 0.480 e. The Bertz CT molecular complexity index is 1110. The van der Waals surface area contributed by atoms with Crippen LogP contribution in [0.15, 0.2) is 42.0 Å². The van der Waals surface area contributed by atoms with Crippen molar-refractivity contribution in [2.24, 2.45) is 7.05 Å². The Hall–Kier alpha value is -3.24. The molecule has 3 aromatic heterocycles. The zero-order valence-electron chi connectivity index (χ0n) is 13.6. The number of imidazole rings is 1. The van der Waals surface area contributed by atoms with Crippen molar-refractivity contribution in [2.45, 2.75) is 0 Å². The molecule has 7 heteroatoms. The Labute approximate surface area is 148 Å². The highest BCUT2D eigenvalue weighted by atomic mass is 32.1. The van der Waals surface area contributed by atoms with Gasteiger partial charge in [-0.1, -0.05) is 12.1 Å². The highest BCUT2D eigenvalue weighted by Gasteiger charge is 2.08. The number of nitrogens with zero attached hydrogens (tertiary/aromatic N) is 5. The predicted octanol–water partition coefficient (Wildman–Crippen LogP) is 2.90. The van der Waals surface area contributed by atoms with Crippen LogP contribution in [-0.4, -0.2) is 31.6 Å². The summed E-state index contributed by atoms with van der Waals surface area (Å²) in [5.74, 6) is 7.54. The molecule has 0 saturated heterocycles. The Morgan fingerprint density at radius 2 is 2.00 bits per heavy atom. The van der Waals surface area contributed by atoms with Crippen LogP contribution in [0.4, 0.5) is 0 Å². The second-order valence-electron chi connectivity index (χ2n) is 5.22. The SMILES string of the molecule is COc1nc(C#Cc2nc(-c3nccs3)cn2C)nc2ccccc12. The van der Waals surface area contributed by atoms with Gasteiger partial charge in [-0.3, -0.25) is 0 Å². The van der Waals surface area contributed by atoms with Crippen molar-refractivity contribution in [3.63, 3.8) is 0 Å². The Kier molecular flexibility index (Phi) is 3.88. The van der Waals surface area contributed by atoms with Crippen LogP contribution in [0.3, 0.4) is 0 Å². The molecule has 4 aromatic rings. The molecule has 0 saturated carbocycles. The first kappa shape index (κ1) is 15.3. The van der Waals surface area contributed by atoms with Gasteiger partial charge in [0.15, 0.2) is 5.82 Å². The van der Waals surface area contributed by atoms with E-state index in [9.17, 15) is 0 Å². The van der Waals surface area contributed by atoms with Crippen LogP contribution >= 0.6 is 11.3 Å². The van der Waals surface area contributed by atoms with Crippen LogP contribution < -0.4 is 4.74 Å². The molecule has 0 bridgehead atoms. The lowest BCUT2D eigenvalue weighted by atomic mass is 10.2. The first-order valence-corrected chi connectivity index (χ1v) is 8.38. The number of para-hydroxylation sites is 1. The van der Waals surface area contributed by atoms with Gasteiger partial charge < -0.3 is 9.30 Å². The number of fused-ring (bicyclic) bond motifs is 1. The Morgan fingerprint density at radius 3 is 2.80 bits per heavy atom. The summed E-state index contributed by atoms with van der Waals surface area (Å²) in [6.07, 6.45) is 3.67. The van der Waals surface area contributed by atoms with E-state index in [2.05, 4.69) is 31.8 Å². The van der Waals surface area contributed by atoms with E-state index in [0.29, 0.717) is 17.5 Å². The van der Waals surface area contributed by atoms with E-state index in [4.69, 9.17) is 4.74 Å². The van der Waals surface area contributed by atoms with Crippen LogP contribution in [0.2, 0.25) is 0 Å². The topological polar surface area (TPSA) is 65.7 Å². The van der Waals surface area contributed by atoms with Crippen molar-refractivity contribution < 1.29 is 4.74 Å². The highest BCUT2D eigenvalue weighted by Crippen LogP contribution is 2.22. The van der Waals surface area contributed by atoms with E-state index >= 15 is 0 Å². The molecule has 0 aliphatic heterocycles. The van der Waals surface area contributed by atoms with Gasteiger partial charge in [0.05, 0.1) is 18.0 Å². The summed E-state index contributed by atoms with van der Waals surface area (Å²) in [5, 5.41) is 3.65. The second-order valence-corrected chi connectivity index (χ2v) is 6.12. The average Bonchev–Trinajstić information content (AvgIpc) is 3.29. The smallest absolute Gasteiger partial charge is 0.225 e. The van der Waals surface area contributed by atoms with Gasteiger partial charge in [-0.25, -0.2) is 15.0 Å². The van der Waals surface area contributed by atoms with Gasteiger partial charge in [0.1, 0.15) is 10.7 Å². The van der Waals surface area contributed by atoms with Crippen molar-refractivity contribution >= 4 is 22.2 Å². The zero-order valence-corrected chi connectivity index (χ0v) is 14.4. The van der Waals surface area contributed by atoms with Crippen LogP contribution in [0.5, 0.6) is 5.88 Å². The van der Waals surface area contributed by atoms with E-state index < -0.39 is 0 Å². The van der Waals surface area contributed by atoms with E-state index in [1.165, 1.54) is 0 Å². The molecule has 0 unspecified atom stereocenters. The number of hydrogen-bond acceptors (Lipinski definition) is 6. The molecular formula is C18H13N5OS. The van der Waals surface area contributed by atoms with Crippen molar-refractivity contribution in [3.05, 3.63) is 53.7 Å². The quantitative estimate of drug-likeness (QED) is 0.522. The summed E-state index contributed by atoms with van der Waals surface area (Å²) in [6.45, 7) is 0. The van der Waals surface area contributed by atoms with Crippen molar-refractivity contribution in [1.29, 1.82) is 0 Å². The molecule has 0 aliphatic rings. The molecule has 0 amide bonds. The van der Waals surface area contributed by atoms with E-state index in [1.54, 1.807) is 24.6 Å². The number of ether oxygens (including phenoxy) is 1. The summed E-state index contributed by atoms with van der Waals surface area (Å²) in [5.41, 5.74) is 1.60. The van der Waals surface area contributed by atoms with Gasteiger partial charge in [-0.2, -0.15) is 4.98 Å². The average molecular weight is 347 g/mol.